The number of sulfone groups is 4. The van der Waals surface area contributed by atoms with Crippen LogP contribution in [0.15, 0.2) is 453 Å². The lowest BCUT2D eigenvalue weighted by molar-refractivity contribution is -0.140. The van der Waals surface area contributed by atoms with Crippen LogP contribution >= 0.6 is 0 Å². The lowest BCUT2D eigenvalue weighted by Gasteiger charge is -2.15. The van der Waals surface area contributed by atoms with E-state index in [2.05, 4.69) is 26.3 Å². The number of nitrogens with zero attached hydrogens (tertiary/aromatic N) is 4. The Morgan fingerprint density at radius 1 is 0.275 bits per heavy atom. The normalized spacial score (nSPS) is 14.4. The van der Waals surface area contributed by atoms with E-state index in [9.17, 15) is 52.8 Å². The van der Waals surface area contributed by atoms with Gasteiger partial charge < -0.3 is 57.5 Å². The van der Waals surface area contributed by atoms with E-state index in [1.54, 1.807) is 157 Å². The molecule has 12 aromatic carbocycles. The van der Waals surface area contributed by atoms with E-state index in [1.165, 1.54) is 97.1 Å². The van der Waals surface area contributed by atoms with Gasteiger partial charge in [-0.3, -0.25) is 0 Å². The molecule has 0 amide bonds. The summed E-state index contributed by atoms with van der Waals surface area (Å²) >= 11 is 0. The second-order valence-electron chi connectivity index (χ2n) is 30.4. The predicted octanol–water partition coefficient (Wildman–Crippen LogP) is 21.2. The van der Waals surface area contributed by atoms with Gasteiger partial charge in [0.2, 0.25) is 51.1 Å². The third kappa shape index (κ3) is 24.2. The quantitative estimate of drug-likeness (QED) is 0.0229. The summed E-state index contributed by atoms with van der Waals surface area (Å²) < 4.78 is 152. The lowest BCUT2D eigenvalue weighted by Crippen LogP contribution is -2.20. The molecular weight excluding hydrogens is 1830 g/mol. The molecule has 700 valence electrons. The first kappa shape index (κ1) is 99.1. The van der Waals surface area contributed by atoms with Crippen LogP contribution in [-0.2, 0) is 104 Å². The molecule has 0 saturated heterocycles. The molecule has 28 heteroatoms. The summed E-state index contributed by atoms with van der Waals surface area (Å²) in [4.78, 5) is 57.6. The van der Waals surface area contributed by atoms with Crippen molar-refractivity contribution in [1.29, 1.82) is 0 Å². The maximum Gasteiger partial charge on any atom is 0.350 e. The molecule has 4 aliphatic rings. The molecule has 4 heterocycles. The second-order valence-corrected chi connectivity index (χ2v) is 38.1. The summed E-state index contributed by atoms with van der Waals surface area (Å²) in [7, 11) is -13.0. The van der Waals surface area contributed by atoms with Crippen molar-refractivity contribution in [3.05, 3.63) is 478 Å². The zero-order chi connectivity index (χ0) is 97.9. The Kier molecular flexibility index (Phi) is 33.0. The average molecular weight is 1920 g/mol. The van der Waals surface area contributed by atoms with E-state index >= 15 is 0 Å². The number of hydrogen-bond donors (Lipinski definition) is 0. The van der Waals surface area contributed by atoms with Crippen molar-refractivity contribution in [2.75, 3.05) is 46.8 Å². The Labute approximate surface area is 803 Å². The number of carbonyl (C=O) groups excluding carboxylic acids is 4. The summed E-state index contributed by atoms with van der Waals surface area (Å²) in [5, 5.41) is 0. The van der Waals surface area contributed by atoms with Crippen LogP contribution in [0.25, 0.3) is 24.3 Å². The lowest BCUT2D eigenvalue weighted by atomic mass is 10.1. The van der Waals surface area contributed by atoms with E-state index in [4.69, 9.17) is 37.9 Å². The fourth-order valence-electron chi connectivity index (χ4n) is 14.1. The number of fused-ring (bicyclic) bond motifs is 4. The molecule has 0 N–H and O–H groups in total. The Hall–Kier alpha value is -16.4. The Balaban J connectivity index is 0.000000155. The second kappa shape index (κ2) is 46.0. The maximum atomic E-state index is 13.4. The largest absolute Gasteiger partial charge is 0.457 e. The molecule has 4 aliphatic heterocycles. The predicted molar refractivity (Wildman–Crippen MR) is 536 cm³/mol. The van der Waals surface area contributed by atoms with Crippen molar-refractivity contribution in [2.24, 2.45) is 0 Å². The van der Waals surface area contributed by atoms with E-state index in [-0.39, 0.29) is 46.0 Å². The van der Waals surface area contributed by atoms with Crippen molar-refractivity contribution >= 4 is 110 Å². The van der Waals surface area contributed by atoms with Crippen LogP contribution in [-0.4, -0.2) is 84.7 Å². The molecule has 12 aromatic rings. The number of hydrogen-bond acceptors (Lipinski definition) is 24. The molecule has 0 unspecified atom stereocenters. The summed E-state index contributed by atoms with van der Waals surface area (Å²) in [5.41, 5.74) is 9.88. The zero-order valence-corrected chi connectivity index (χ0v) is 78.9. The van der Waals surface area contributed by atoms with Crippen LogP contribution in [0.1, 0.15) is 58.4 Å². The van der Waals surface area contributed by atoms with E-state index in [0.29, 0.717) is 59.6 Å². The van der Waals surface area contributed by atoms with E-state index in [1.807, 2.05) is 181 Å². The Morgan fingerprint density at radius 2 is 0.514 bits per heavy atom. The topological polar surface area (TPSA) is 292 Å². The van der Waals surface area contributed by atoms with E-state index in [0.717, 1.165) is 67.3 Å². The number of carbonyl (C=O) groups is 4. The van der Waals surface area contributed by atoms with Gasteiger partial charge in [0.25, 0.3) is 0 Å². The van der Waals surface area contributed by atoms with Crippen LogP contribution in [0.4, 0.5) is 22.7 Å². The molecule has 16 rings (SSSR count). The van der Waals surface area contributed by atoms with Gasteiger partial charge in [-0.2, -0.15) is 0 Å². The van der Waals surface area contributed by atoms with Crippen molar-refractivity contribution in [3.63, 3.8) is 0 Å². The van der Waals surface area contributed by atoms with Gasteiger partial charge in [0.05, 0.1) is 42.3 Å². The number of allylic oxidation sites excluding steroid dienone is 8. The molecule has 24 nitrogen and oxygen atoms in total. The van der Waals surface area contributed by atoms with Gasteiger partial charge in [0, 0.05) is 51.5 Å². The number of benzene rings is 12. The van der Waals surface area contributed by atoms with Crippen LogP contribution in [0, 0.1) is 0 Å². The molecule has 0 aliphatic carbocycles. The first-order chi connectivity index (χ1) is 66.7. The van der Waals surface area contributed by atoms with Crippen LogP contribution in [0.3, 0.4) is 0 Å². The summed E-state index contributed by atoms with van der Waals surface area (Å²) in [6.45, 7) is 19.7. The van der Waals surface area contributed by atoms with Gasteiger partial charge in [-0.25, -0.2) is 52.8 Å². The first-order valence-electron chi connectivity index (χ1n) is 43.2. The molecule has 0 saturated carbocycles. The van der Waals surface area contributed by atoms with Gasteiger partial charge in [0.1, 0.15) is 26.4 Å². The number of rotatable bonds is 30. The fourth-order valence-corrected chi connectivity index (χ4v) is 19.3. The van der Waals surface area contributed by atoms with Crippen molar-refractivity contribution in [3.8, 4) is 23.0 Å². The minimum atomic E-state index is -4.15. The van der Waals surface area contributed by atoms with Crippen LogP contribution < -0.4 is 38.5 Å². The zero-order valence-electron chi connectivity index (χ0n) is 75.6. The highest BCUT2D eigenvalue weighted by Gasteiger charge is 2.35. The summed E-state index contributed by atoms with van der Waals surface area (Å²) in [5.74, 6) is 0.397. The summed E-state index contributed by atoms with van der Waals surface area (Å²) in [6, 6.07) is 90.0. The molecule has 138 heavy (non-hydrogen) atoms. The number of para-hydroxylation sites is 8. The standard InChI is InChI=1S/2C28H25NO5S.2C27H23NO5S/c1-3-21-11-10-12-22(19-21)20-33-28(30)26(35(31,32)23-13-6-5-7-14-23)17-18-27-29(4-2)24-15-8-9-16-25(24)34-27;1-3-21-14-16-22(17-15-21)20-33-28(30)26(35(31,32)23-10-6-5-7-11-23)18-19-27-29(4-2)24-12-8-9-13-25(24)34-27;1-3-20-10-9-11-21(18-20)19-32-27(29)25(34(30,31)22-12-5-4-6-13-22)16-17-26-28(2)23-14-7-8-15-24(23)33-26;1-3-20-13-15-21(16-14-20)19-32-27(29)25(34(30,31)22-9-5-4-6-10-22)17-18-26-28(2)23-11-7-8-12-24(23)33-26/h2*3,5-19H,1,4,20H2,2H3;2*3-18H,1,19H2,2H3/b26-17-,27-18-;26-18-,27-19-;25-16-,26-17-;25-17-,26-18-. The summed E-state index contributed by atoms with van der Waals surface area (Å²) in [6.07, 6.45) is 17.6. The molecule has 0 atom stereocenters. The fraction of sp³-hybridized carbons (Fsp3) is 0.0909. The van der Waals surface area contributed by atoms with Gasteiger partial charge in [-0.1, -0.05) is 257 Å². The van der Waals surface area contributed by atoms with E-state index < -0.39 is 82.8 Å². The molecule has 0 bridgehead atoms. The first-order valence-corrected chi connectivity index (χ1v) is 49.1. The van der Waals surface area contributed by atoms with Crippen molar-refractivity contribution < 1.29 is 90.7 Å². The number of anilines is 4. The number of esters is 4. The highest BCUT2D eigenvalue weighted by Crippen LogP contribution is 2.43. The van der Waals surface area contributed by atoms with Crippen LogP contribution in [0.2, 0.25) is 0 Å². The number of ether oxygens (including phenoxy) is 8. The van der Waals surface area contributed by atoms with Crippen LogP contribution in [0.5, 0.6) is 23.0 Å². The SMILES string of the molecule is C=Cc1ccc(COC(=O)/C(=C/C=C2\Oc3ccccc3N2C)S(=O)(=O)c2ccccc2)cc1.C=Cc1ccc(COC(=O)/C(=C/C=C2\Oc3ccccc3N2CC)S(=O)(=O)c2ccccc2)cc1.C=Cc1cccc(COC(=O)/C(=C/C=C2\Oc3ccccc3N2C)S(=O)(=O)c2ccccc2)c1.C=Cc1cccc(COC(=O)/C(=C/C=C2\Oc3ccccc3N2CC)S(=O)(=O)c2ccccc2)c1. The van der Waals surface area contributed by atoms with Gasteiger partial charge >= 0.3 is 23.9 Å². The van der Waals surface area contributed by atoms with Gasteiger partial charge in [-0.15, -0.1) is 0 Å². The van der Waals surface area contributed by atoms with Crippen molar-refractivity contribution in [2.45, 2.75) is 59.9 Å². The minimum absolute atomic E-state index is 0.0000834. The molecule has 0 aromatic heterocycles. The minimum Gasteiger partial charge on any atom is -0.457 e. The maximum absolute atomic E-state index is 13.4. The Bertz CT molecular complexity index is 7300. The molecule has 0 radical (unpaired) electrons. The Morgan fingerprint density at radius 3 is 0.783 bits per heavy atom. The third-order valence-electron chi connectivity index (χ3n) is 21.4. The van der Waals surface area contributed by atoms with Gasteiger partial charge in [-0.05, 0) is 192 Å². The highest BCUT2D eigenvalue weighted by atomic mass is 32.2. The molecule has 0 fully saturated rings. The molecule has 0 spiro atoms. The highest BCUT2D eigenvalue weighted by molar-refractivity contribution is 7.97. The third-order valence-corrected chi connectivity index (χ3v) is 28.5. The molecular formula is C110H96N4O20S4. The smallest absolute Gasteiger partial charge is 0.350 e. The average Bonchev–Trinajstić information content (AvgIpc) is 1.53. The van der Waals surface area contributed by atoms with Crippen molar-refractivity contribution in [1.82, 2.24) is 0 Å². The van der Waals surface area contributed by atoms with Gasteiger partial charge in [0.15, 0.2) is 54.4 Å². The monoisotopic (exact) mass is 1920 g/mol.